The highest BCUT2D eigenvalue weighted by Gasteiger charge is 2.50. The van der Waals surface area contributed by atoms with Gasteiger partial charge in [0.2, 0.25) is 0 Å². The molecule has 1 aromatic carbocycles. The first kappa shape index (κ1) is 12.6. The maximum absolute atomic E-state index is 12.6. The summed E-state index contributed by atoms with van der Waals surface area (Å²) in [6, 6.07) is 14.5. The fourth-order valence-corrected chi connectivity index (χ4v) is 3.60. The summed E-state index contributed by atoms with van der Waals surface area (Å²) >= 11 is 1.78. The molecule has 0 saturated heterocycles. The quantitative estimate of drug-likeness (QED) is 0.797. The molecular weight excluding hydrogens is 252 g/mol. The van der Waals surface area contributed by atoms with Gasteiger partial charge >= 0.3 is 0 Å². The van der Waals surface area contributed by atoms with Crippen LogP contribution in [0.25, 0.3) is 0 Å². The van der Waals surface area contributed by atoms with E-state index in [1.807, 2.05) is 18.2 Å². The molecular formula is C17H18OS. The first-order valence-corrected chi connectivity index (χ1v) is 7.73. The summed E-state index contributed by atoms with van der Waals surface area (Å²) in [5, 5.41) is 0. The molecule has 3 rings (SSSR count). The molecule has 0 amide bonds. The minimum atomic E-state index is -0.169. The van der Waals surface area contributed by atoms with E-state index < -0.39 is 0 Å². The van der Waals surface area contributed by atoms with Crippen molar-refractivity contribution in [1.29, 1.82) is 0 Å². The van der Waals surface area contributed by atoms with Crippen LogP contribution in [0.1, 0.15) is 35.1 Å². The van der Waals surface area contributed by atoms with Gasteiger partial charge in [0, 0.05) is 16.2 Å². The van der Waals surface area contributed by atoms with E-state index in [4.69, 9.17) is 0 Å². The minimum absolute atomic E-state index is 0.169. The van der Waals surface area contributed by atoms with Gasteiger partial charge in [-0.1, -0.05) is 37.3 Å². The van der Waals surface area contributed by atoms with Crippen molar-refractivity contribution in [2.75, 3.05) is 0 Å². The number of benzene rings is 1. The highest BCUT2D eigenvalue weighted by atomic mass is 32.1. The number of carbonyl (C=O) groups excluding carboxylic acids is 1. The second kappa shape index (κ2) is 4.93. The summed E-state index contributed by atoms with van der Waals surface area (Å²) in [4.78, 5) is 15.2. The first-order chi connectivity index (χ1) is 9.24. The number of Topliss-reactive ketones (excluding diaryl/α,β-unsaturated/α-hetero) is 1. The van der Waals surface area contributed by atoms with Gasteiger partial charge in [0.15, 0.2) is 0 Å². The van der Waals surface area contributed by atoms with Gasteiger partial charge in [-0.25, -0.2) is 0 Å². The van der Waals surface area contributed by atoms with E-state index in [-0.39, 0.29) is 5.41 Å². The van der Waals surface area contributed by atoms with Crippen LogP contribution in [0, 0.1) is 0 Å². The molecule has 1 aromatic heterocycles. The van der Waals surface area contributed by atoms with Gasteiger partial charge in [-0.05, 0) is 37.0 Å². The Morgan fingerprint density at radius 1 is 1.11 bits per heavy atom. The first-order valence-electron chi connectivity index (χ1n) is 6.91. The van der Waals surface area contributed by atoms with E-state index in [1.54, 1.807) is 11.3 Å². The molecule has 0 spiro atoms. The average molecular weight is 270 g/mol. The maximum Gasteiger partial charge on any atom is 0.148 e. The maximum atomic E-state index is 12.6. The van der Waals surface area contributed by atoms with Gasteiger partial charge in [-0.3, -0.25) is 4.79 Å². The Kier molecular flexibility index (Phi) is 3.28. The number of thiophene rings is 1. The zero-order valence-corrected chi connectivity index (χ0v) is 12.0. The Labute approximate surface area is 118 Å². The molecule has 2 aromatic rings. The standard InChI is InChI=1S/C17H18OS/c1-2-14-8-9-15(19-14)12-16(18)17(10-11-17)13-6-4-3-5-7-13/h3-9H,2,10-12H2,1H3. The monoisotopic (exact) mass is 270 g/mol. The Morgan fingerprint density at radius 3 is 2.37 bits per heavy atom. The molecule has 1 fully saturated rings. The number of hydrogen-bond acceptors (Lipinski definition) is 2. The van der Waals surface area contributed by atoms with Crippen molar-refractivity contribution in [2.45, 2.75) is 38.0 Å². The second-order valence-electron chi connectivity index (χ2n) is 5.27. The highest BCUT2D eigenvalue weighted by molar-refractivity contribution is 7.12. The summed E-state index contributed by atoms with van der Waals surface area (Å²) in [5.74, 6) is 0.392. The zero-order chi connectivity index (χ0) is 13.3. The molecule has 1 aliphatic carbocycles. The second-order valence-corrected chi connectivity index (χ2v) is 6.52. The molecule has 19 heavy (non-hydrogen) atoms. The number of carbonyl (C=O) groups is 1. The third-order valence-corrected chi connectivity index (χ3v) is 5.24. The molecule has 1 nitrogen and oxygen atoms in total. The van der Waals surface area contributed by atoms with Crippen molar-refractivity contribution in [3.63, 3.8) is 0 Å². The molecule has 0 radical (unpaired) electrons. The molecule has 1 saturated carbocycles. The zero-order valence-electron chi connectivity index (χ0n) is 11.2. The van der Waals surface area contributed by atoms with E-state index in [1.165, 1.54) is 15.3 Å². The molecule has 0 atom stereocenters. The third-order valence-electron chi connectivity index (χ3n) is 4.01. The SMILES string of the molecule is CCc1ccc(CC(=O)C2(c3ccccc3)CC2)s1. The Hall–Kier alpha value is -1.41. The van der Waals surface area contributed by atoms with Gasteiger partial charge in [0.25, 0.3) is 0 Å². The fraction of sp³-hybridized carbons (Fsp3) is 0.353. The molecule has 0 unspecified atom stereocenters. The van der Waals surface area contributed by atoms with Crippen LogP contribution >= 0.6 is 11.3 Å². The van der Waals surface area contributed by atoms with E-state index in [2.05, 4.69) is 31.2 Å². The Bertz CT molecular complexity index is 578. The Morgan fingerprint density at radius 2 is 1.79 bits per heavy atom. The summed E-state index contributed by atoms with van der Waals surface area (Å²) in [5.41, 5.74) is 1.03. The van der Waals surface area contributed by atoms with Crippen LogP contribution in [0.15, 0.2) is 42.5 Å². The normalized spacial score (nSPS) is 16.3. The van der Waals surface area contributed by atoms with Crippen molar-refractivity contribution in [2.24, 2.45) is 0 Å². The van der Waals surface area contributed by atoms with E-state index in [9.17, 15) is 4.79 Å². The largest absolute Gasteiger partial charge is 0.298 e. The summed E-state index contributed by atoms with van der Waals surface area (Å²) in [7, 11) is 0. The molecule has 0 N–H and O–H groups in total. The predicted octanol–water partition coefficient (Wildman–Crippen LogP) is 4.15. The smallest absolute Gasteiger partial charge is 0.148 e. The fourth-order valence-electron chi connectivity index (χ4n) is 2.65. The molecule has 0 bridgehead atoms. The van der Waals surface area contributed by atoms with Crippen LogP contribution in [0.5, 0.6) is 0 Å². The van der Waals surface area contributed by atoms with Gasteiger partial charge in [-0.15, -0.1) is 11.3 Å². The number of rotatable bonds is 5. The predicted molar refractivity (Wildman–Crippen MR) is 79.8 cm³/mol. The van der Waals surface area contributed by atoms with Gasteiger partial charge < -0.3 is 0 Å². The van der Waals surface area contributed by atoms with Crippen LogP contribution in [0.3, 0.4) is 0 Å². The number of ketones is 1. The lowest BCUT2D eigenvalue weighted by Gasteiger charge is -2.13. The number of hydrogen-bond donors (Lipinski definition) is 0. The van der Waals surface area contributed by atoms with Crippen LogP contribution in [-0.4, -0.2) is 5.78 Å². The van der Waals surface area contributed by atoms with E-state index in [0.717, 1.165) is 19.3 Å². The minimum Gasteiger partial charge on any atom is -0.298 e. The lowest BCUT2D eigenvalue weighted by Crippen LogP contribution is -2.22. The molecule has 98 valence electrons. The van der Waals surface area contributed by atoms with Crippen molar-refractivity contribution in [3.8, 4) is 0 Å². The molecule has 2 heteroatoms. The van der Waals surface area contributed by atoms with Crippen LogP contribution in [0.2, 0.25) is 0 Å². The summed E-state index contributed by atoms with van der Waals surface area (Å²) < 4.78 is 0. The Balaban J connectivity index is 1.77. The van der Waals surface area contributed by atoms with Gasteiger partial charge in [0.1, 0.15) is 5.78 Å². The molecule has 0 aliphatic heterocycles. The molecule has 1 aliphatic rings. The lowest BCUT2D eigenvalue weighted by molar-refractivity contribution is -0.120. The summed E-state index contributed by atoms with van der Waals surface area (Å²) in [6.45, 7) is 2.16. The molecule has 1 heterocycles. The topological polar surface area (TPSA) is 17.1 Å². The van der Waals surface area contributed by atoms with Crippen molar-refractivity contribution in [1.82, 2.24) is 0 Å². The summed E-state index contributed by atoms with van der Waals surface area (Å²) in [6.07, 6.45) is 3.69. The van der Waals surface area contributed by atoms with E-state index in [0.29, 0.717) is 12.2 Å². The van der Waals surface area contributed by atoms with E-state index >= 15 is 0 Å². The third kappa shape index (κ3) is 2.37. The van der Waals surface area contributed by atoms with Gasteiger partial charge in [0.05, 0.1) is 5.41 Å². The number of aryl methyl sites for hydroxylation is 1. The average Bonchev–Trinajstić information content (AvgIpc) is 3.15. The van der Waals surface area contributed by atoms with Crippen molar-refractivity contribution < 1.29 is 4.79 Å². The highest BCUT2D eigenvalue weighted by Crippen LogP contribution is 2.49. The van der Waals surface area contributed by atoms with Crippen LogP contribution in [0.4, 0.5) is 0 Å². The van der Waals surface area contributed by atoms with Crippen molar-refractivity contribution in [3.05, 3.63) is 57.8 Å². The van der Waals surface area contributed by atoms with Crippen LogP contribution < -0.4 is 0 Å². The van der Waals surface area contributed by atoms with Crippen LogP contribution in [-0.2, 0) is 23.1 Å². The lowest BCUT2D eigenvalue weighted by atomic mass is 9.89. The van der Waals surface area contributed by atoms with Gasteiger partial charge in [-0.2, -0.15) is 0 Å². The van der Waals surface area contributed by atoms with Crippen molar-refractivity contribution >= 4 is 17.1 Å².